The number of rotatable bonds is 7. The molecule has 0 radical (unpaired) electrons. The van der Waals surface area contributed by atoms with Crippen molar-refractivity contribution in [2.45, 2.75) is 32.6 Å². The molecule has 0 saturated heterocycles. The van der Waals surface area contributed by atoms with Crippen LogP contribution in [0.2, 0.25) is 5.02 Å². The van der Waals surface area contributed by atoms with Crippen LogP contribution in [0.25, 0.3) is 0 Å². The van der Waals surface area contributed by atoms with Crippen molar-refractivity contribution in [1.82, 2.24) is 10.3 Å². The molecule has 1 aromatic rings. The van der Waals surface area contributed by atoms with Crippen LogP contribution < -0.4 is 5.32 Å². The Kier molecular flexibility index (Phi) is 6.37. The zero-order chi connectivity index (χ0) is 10.9. The van der Waals surface area contributed by atoms with Crippen LogP contribution in [0.1, 0.15) is 31.7 Å². The van der Waals surface area contributed by atoms with Gasteiger partial charge in [-0.1, -0.05) is 18.5 Å². The van der Waals surface area contributed by atoms with Crippen molar-refractivity contribution >= 4 is 11.6 Å². The normalized spacial score (nSPS) is 10.5. The standard InChI is InChI=1S/C12H19ClN2/c1-2-7-14-8-4-3-5-11-6-9-15-10-12(11)13/h6,9-10,14H,2-5,7-8H2,1H3. The summed E-state index contributed by atoms with van der Waals surface area (Å²) in [5.74, 6) is 0. The first-order valence-corrected chi connectivity index (χ1v) is 6.01. The van der Waals surface area contributed by atoms with Crippen LogP contribution in [0.4, 0.5) is 0 Å². The average molecular weight is 227 g/mol. The van der Waals surface area contributed by atoms with E-state index < -0.39 is 0 Å². The van der Waals surface area contributed by atoms with Gasteiger partial charge < -0.3 is 5.32 Å². The van der Waals surface area contributed by atoms with Crippen LogP contribution in [-0.4, -0.2) is 18.1 Å². The number of halogens is 1. The molecule has 0 saturated carbocycles. The Labute approximate surface area is 97.1 Å². The van der Waals surface area contributed by atoms with E-state index in [1.807, 2.05) is 6.07 Å². The summed E-state index contributed by atoms with van der Waals surface area (Å²) >= 11 is 6.01. The molecule has 0 bridgehead atoms. The summed E-state index contributed by atoms with van der Waals surface area (Å²) in [6.45, 7) is 4.41. The largest absolute Gasteiger partial charge is 0.317 e. The van der Waals surface area contributed by atoms with Gasteiger partial charge in [-0.05, 0) is 50.4 Å². The van der Waals surface area contributed by atoms with Gasteiger partial charge in [0.2, 0.25) is 0 Å². The van der Waals surface area contributed by atoms with E-state index in [2.05, 4.69) is 17.2 Å². The van der Waals surface area contributed by atoms with Crippen molar-refractivity contribution < 1.29 is 0 Å². The predicted octanol–water partition coefficient (Wildman–Crippen LogP) is 3.06. The maximum absolute atomic E-state index is 6.01. The molecule has 0 spiro atoms. The van der Waals surface area contributed by atoms with E-state index >= 15 is 0 Å². The predicted molar refractivity (Wildman–Crippen MR) is 65.3 cm³/mol. The molecular weight excluding hydrogens is 208 g/mol. The minimum Gasteiger partial charge on any atom is -0.317 e. The lowest BCUT2D eigenvalue weighted by Gasteiger charge is -2.04. The fraction of sp³-hybridized carbons (Fsp3) is 0.583. The maximum Gasteiger partial charge on any atom is 0.0621 e. The zero-order valence-electron chi connectivity index (χ0n) is 9.30. The molecule has 0 unspecified atom stereocenters. The number of pyridine rings is 1. The van der Waals surface area contributed by atoms with Gasteiger partial charge in [0.25, 0.3) is 0 Å². The second-order valence-electron chi connectivity index (χ2n) is 3.67. The highest BCUT2D eigenvalue weighted by atomic mass is 35.5. The van der Waals surface area contributed by atoms with Gasteiger partial charge in [0.15, 0.2) is 0 Å². The first-order valence-electron chi connectivity index (χ1n) is 5.63. The molecule has 3 heteroatoms. The van der Waals surface area contributed by atoms with Crippen molar-refractivity contribution in [3.05, 3.63) is 29.0 Å². The van der Waals surface area contributed by atoms with E-state index in [9.17, 15) is 0 Å². The molecule has 1 N–H and O–H groups in total. The summed E-state index contributed by atoms with van der Waals surface area (Å²) in [5.41, 5.74) is 1.21. The molecule has 0 aliphatic rings. The van der Waals surface area contributed by atoms with Crippen LogP contribution in [0.15, 0.2) is 18.5 Å². The Morgan fingerprint density at radius 3 is 2.93 bits per heavy atom. The summed E-state index contributed by atoms with van der Waals surface area (Å²) in [5, 5.41) is 4.18. The summed E-state index contributed by atoms with van der Waals surface area (Å²) in [4.78, 5) is 3.97. The summed E-state index contributed by atoms with van der Waals surface area (Å²) < 4.78 is 0. The van der Waals surface area contributed by atoms with Crippen LogP contribution >= 0.6 is 11.6 Å². The number of hydrogen-bond donors (Lipinski definition) is 1. The minimum absolute atomic E-state index is 0.791. The van der Waals surface area contributed by atoms with E-state index in [0.29, 0.717) is 0 Å². The Bertz CT molecular complexity index is 276. The lowest BCUT2D eigenvalue weighted by molar-refractivity contribution is 0.617. The Hall–Kier alpha value is -0.600. The molecule has 0 amide bonds. The molecule has 84 valence electrons. The fourth-order valence-corrected chi connectivity index (χ4v) is 1.69. The second kappa shape index (κ2) is 7.66. The maximum atomic E-state index is 6.01. The number of hydrogen-bond acceptors (Lipinski definition) is 2. The molecule has 1 rings (SSSR count). The third-order valence-electron chi connectivity index (χ3n) is 2.33. The molecule has 0 fully saturated rings. The van der Waals surface area contributed by atoms with E-state index in [1.54, 1.807) is 12.4 Å². The zero-order valence-corrected chi connectivity index (χ0v) is 10.1. The summed E-state index contributed by atoms with van der Waals surface area (Å²) in [6.07, 6.45) is 8.16. The van der Waals surface area contributed by atoms with Crippen molar-refractivity contribution in [2.24, 2.45) is 0 Å². The summed E-state index contributed by atoms with van der Waals surface area (Å²) in [7, 11) is 0. The lowest BCUT2D eigenvalue weighted by Crippen LogP contribution is -2.15. The summed E-state index contributed by atoms with van der Waals surface area (Å²) in [6, 6.07) is 2.00. The Balaban J connectivity index is 2.12. The van der Waals surface area contributed by atoms with Gasteiger partial charge in [0.1, 0.15) is 0 Å². The van der Waals surface area contributed by atoms with Crippen LogP contribution in [0.3, 0.4) is 0 Å². The number of nitrogens with zero attached hydrogens (tertiary/aromatic N) is 1. The first kappa shape index (κ1) is 12.5. The molecule has 0 aliphatic heterocycles. The number of unbranched alkanes of at least 4 members (excludes halogenated alkanes) is 1. The van der Waals surface area contributed by atoms with Crippen molar-refractivity contribution in [3.63, 3.8) is 0 Å². The van der Waals surface area contributed by atoms with Gasteiger partial charge in [-0.2, -0.15) is 0 Å². The van der Waals surface area contributed by atoms with Crippen molar-refractivity contribution in [2.75, 3.05) is 13.1 Å². The fourth-order valence-electron chi connectivity index (χ4n) is 1.47. The highest BCUT2D eigenvalue weighted by Gasteiger charge is 1.98. The van der Waals surface area contributed by atoms with Crippen molar-refractivity contribution in [3.8, 4) is 0 Å². The number of aromatic nitrogens is 1. The van der Waals surface area contributed by atoms with Crippen LogP contribution in [0.5, 0.6) is 0 Å². The van der Waals surface area contributed by atoms with Gasteiger partial charge >= 0.3 is 0 Å². The van der Waals surface area contributed by atoms with Gasteiger partial charge in [-0.15, -0.1) is 0 Å². The molecule has 15 heavy (non-hydrogen) atoms. The molecule has 2 nitrogen and oxygen atoms in total. The monoisotopic (exact) mass is 226 g/mol. The molecule has 1 aromatic heterocycles. The molecule has 0 aromatic carbocycles. The van der Waals surface area contributed by atoms with Gasteiger partial charge in [-0.3, -0.25) is 4.98 Å². The van der Waals surface area contributed by atoms with Crippen LogP contribution in [-0.2, 0) is 6.42 Å². The third kappa shape index (κ3) is 5.14. The van der Waals surface area contributed by atoms with Gasteiger partial charge in [0, 0.05) is 12.4 Å². The Morgan fingerprint density at radius 2 is 2.20 bits per heavy atom. The third-order valence-corrected chi connectivity index (χ3v) is 2.67. The number of aryl methyl sites for hydroxylation is 1. The first-order chi connectivity index (χ1) is 7.34. The van der Waals surface area contributed by atoms with Gasteiger partial charge in [-0.25, -0.2) is 0 Å². The van der Waals surface area contributed by atoms with E-state index in [0.717, 1.165) is 24.5 Å². The topological polar surface area (TPSA) is 24.9 Å². The highest BCUT2D eigenvalue weighted by Crippen LogP contribution is 2.15. The highest BCUT2D eigenvalue weighted by molar-refractivity contribution is 6.31. The molecule has 0 atom stereocenters. The molecular formula is C12H19ClN2. The van der Waals surface area contributed by atoms with Gasteiger partial charge in [0.05, 0.1) is 5.02 Å². The smallest absolute Gasteiger partial charge is 0.0621 e. The van der Waals surface area contributed by atoms with Crippen molar-refractivity contribution in [1.29, 1.82) is 0 Å². The number of nitrogens with one attached hydrogen (secondary N) is 1. The Morgan fingerprint density at radius 1 is 1.33 bits per heavy atom. The SMILES string of the molecule is CCCNCCCCc1ccncc1Cl. The van der Waals surface area contributed by atoms with E-state index in [1.165, 1.54) is 24.8 Å². The quantitative estimate of drug-likeness (QED) is 0.723. The lowest BCUT2D eigenvalue weighted by atomic mass is 10.1. The van der Waals surface area contributed by atoms with E-state index in [-0.39, 0.29) is 0 Å². The minimum atomic E-state index is 0.791. The van der Waals surface area contributed by atoms with E-state index in [4.69, 9.17) is 11.6 Å². The molecule has 0 aliphatic carbocycles. The average Bonchev–Trinajstić information content (AvgIpc) is 2.25. The molecule has 1 heterocycles. The van der Waals surface area contributed by atoms with Crippen LogP contribution in [0, 0.1) is 0 Å². The second-order valence-corrected chi connectivity index (χ2v) is 4.08.